The summed E-state index contributed by atoms with van der Waals surface area (Å²) in [5, 5.41) is 2.89. The number of likely N-dealkylation sites (N-methyl/N-ethyl adjacent to an activating group) is 1. The van der Waals surface area contributed by atoms with Crippen LogP contribution < -0.4 is 15.0 Å². The molecule has 0 unspecified atom stereocenters. The third-order valence-corrected chi connectivity index (χ3v) is 3.22. The van der Waals surface area contributed by atoms with Crippen LogP contribution in [0.15, 0.2) is 54.6 Å². The maximum absolute atomic E-state index is 12.2. The molecule has 2 rings (SSSR count). The number of methoxy groups -OCH3 is 1. The Morgan fingerprint density at radius 2 is 1.76 bits per heavy atom. The Morgan fingerprint density at radius 1 is 1.10 bits per heavy atom. The minimum atomic E-state index is -0.0646. The lowest BCUT2D eigenvalue weighted by Gasteiger charge is -2.22. The van der Waals surface area contributed by atoms with Gasteiger partial charge in [0.1, 0.15) is 5.75 Å². The molecule has 0 aliphatic carbocycles. The van der Waals surface area contributed by atoms with E-state index in [0.29, 0.717) is 18.0 Å². The van der Waals surface area contributed by atoms with E-state index >= 15 is 0 Å². The molecule has 1 amide bonds. The maximum atomic E-state index is 12.2. The van der Waals surface area contributed by atoms with Crippen LogP contribution in [-0.2, 0) is 4.79 Å². The van der Waals surface area contributed by atoms with Gasteiger partial charge in [-0.15, -0.1) is 0 Å². The lowest BCUT2D eigenvalue weighted by molar-refractivity contribution is -0.115. The van der Waals surface area contributed by atoms with Crippen molar-refractivity contribution in [2.75, 3.05) is 30.4 Å². The van der Waals surface area contributed by atoms with Gasteiger partial charge in [0.05, 0.1) is 19.3 Å². The topological polar surface area (TPSA) is 41.6 Å². The molecule has 4 nitrogen and oxygen atoms in total. The maximum Gasteiger partial charge on any atom is 0.243 e. The first-order valence-electron chi connectivity index (χ1n) is 6.97. The van der Waals surface area contributed by atoms with Gasteiger partial charge in [-0.1, -0.05) is 30.3 Å². The van der Waals surface area contributed by atoms with Crippen LogP contribution in [0.2, 0.25) is 0 Å². The number of amides is 1. The smallest absolute Gasteiger partial charge is 0.243 e. The first-order valence-corrected chi connectivity index (χ1v) is 6.97. The summed E-state index contributed by atoms with van der Waals surface area (Å²) in [4.78, 5) is 14.2. The monoisotopic (exact) mass is 284 g/mol. The Labute approximate surface area is 125 Å². The van der Waals surface area contributed by atoms with Crippen LogP contribution in [0.4, 0.5) is 11.4 Å². The zero-order valence-corrected chi connectivity index (χ0v) is 12.4. The van der Waals surface area contributed by atoms with Crippen LogP contribution in [-0.4, -0.2) is 26.1 Å². The van der Waals surface area contributed by atoms with Gasteiger partial charge in [0.2, 0.25) is 5.91 Å². The van der Waals surface area contributed by atoms with Gasteiger partial charge in [-0.05, 0) is 31.2 Å². The molecule has 0 saturated heterocycles. The van der Waals surface area contributed by atoms with Gasteiger partial charge in [0.15, 0.2) is 0 Å². The van der Waals surface area contributed by atoms with E-state index in [1.165, 1.54) is 0 Å². The minimum Gasteiger partial charge on any atom is -0.495 e. The Balaban J connectivity index is 2.03. The van der Waals surface area contributed by atoms with Crippen LogP contribution >= 0.6 is 0 Å². The highest BCUT2D eigenvalue weighted by Crippen LogP contribution is 2.23. The molecule has 0 aliphatic heterocycles. The summed E-state index contributed by atoms with van der Waals surface area (Å²) in [6.45, 7) is 3.10. The molecular weight excluding hydrogens is 264 g/mol. The number of nitrogens with one attached hydrogen (secondary N) is 1. The molecule has 110 valence electrons. The Bertz CT molecular complexity index is 584. The molecule has 0 radical (unpaired) electrons. The first-order chi connectivity index (χ1) is 10.2. The predicted octanol–water partition coefficient (Wildman–Crippen LogP) is 3.16. The fourth-order valence-electron chi connectivity index (χ4n) is 2.14. The van der Waals surface area contributed by atoms with Gasteiger partial charge in [-0.2, -0.15) is 0 Å². The van der Waals surface area contributed by atoms with Crippen molar-refractivity contribution in [3.05, 3.63) is 54.6 Å². The summed E-state index contributed by atoms with van der Waals surface area (Å²) in [5.74, 6) is 0.596. The van der Waals surface area contributed by atoms with Crippen molar-refractivity contribution in [2.24, 2.45) is 0 Å². The molecule has 0 aromatic heterocycles. The molecule has 21 heavy (non-hydrogen) atoms. The van der Waals surface area contributed by atoms with Crippen molar-refractivity contribution in [2.45, 2.75) is 6.92 Å². The average molecular weight is 284 g/mol. The summed E-state index contributed by atoms with van der Waals surface area (Å²) in [6, 6.07) is 17.3. The molecule has 0 heterocycles. The molecule has 0 fully saturated rings. The fourth-order valence-corrected chi connectivity index (χ4v) is 2.14. The number of anilines is 2. The number of benzene rings is 2. The largest absolute Gasteiger partial charge is 0.495 e. The fraction of sp³-hybridized carbons (Fsp3) is 0.235. The Morgan fingerprint density at radius 3 is 2.43 bits per heavy atom. The molecule has 0 spiro atoms. The summed E-state index contributed by atoms with van der Waals surface area (Å²) in [5.41, 5.74) is 1.73. The zero-order chi connectivity index (χ0) is 15.1. The Hall–Kier alpha value is -2.49. The molecular formula is C17H20N2O2. The minimum absolute atomic E-state index is 0.0646. The predicted molar refractivity (Wildman–Crippen MR) is 86.0 cm³/mol. The standard InChI is InChI=1S/C17H20N2O2/c1-3-19(14-9-5-4-6-10-14)13-17(20)18-15-11-7-8-12-16(15)21-2/h4-12H,3,13H2,1-2H3,(H,18,20). The van der Waals surface area contributed by atoms with Gasteiger partial charge in [0, 0.05) is 12.2 Å². The molecule has 1 N–H and O–H groups in total. The summed E-state index contributed by atoms with van der Waals surface area (Å²) in [6.07, 6.45) is 0. The van der Waals surface area contributed by atoms with E-state index in [-0.39, 0.29) is 5.91 Å². The summed E-state index contributed by atoms with van der Waals surface area (Å²) < 4.78 is 5.23. The van der Waals surface area contributed by atoms with Crippen molar-refractivity contribution >= 4 is 17.3 Å². The number of carbonyl (C=O) groups is 1. The number of rotatable bonds is 6. The second-order valence-electron chi connectivity index (χ2n) is 4.60. The van der Waals surface area contributed by atoms with Crippen molar-refractivity contribution in [3.8, 4) is 5.75 Å². The molecule has 2 aromatic rings. The van der Waals surface area contributed by atoms with Crippen LogP contribution in [0.25, 0.3) is 0 Å². The highest BCUT2D eigenvalue weighted by Gasteiger charge is 2.11. The molecule has 0 atom stereocenters. The number of para-hydroxylation sites is 3. The highest BCUT2D eigenvalue weighted by molar-refractivity contribution is 5.95. The van der Waals surface area contributed by atoms with E-state index in [2.05, 4.69) is 5.32 Å². The van der Waals surface area contributed by atoms with Gasteiger partial charge >= 0.3 is 0 Å². The first kappa shape index (κ1) is 14.9. The average Bonchev–Trinajstić information content (AvgIpc) is 2.54. The van der Waals surface area contributed by atoms with Crippen LogP contribution in [0.1, 0.15) is 6.92 Å². The van der Waals surface area contributed by atoms with E-state index in [0.717, 1.165) is 12.2 Å². The van der Waals surface area contributed by atoms with Crippen molar-refractivity contribution in [1.29, 1.82) is 0 Å². The number of hydrogen-bond acceptors (Lipinski definition) is 3. The molecule has 0 saturated carbocycles. The summed E-state index contributed by atoms with van der Waals surface area (Å²) in [7, 11) is 1.59. The Kier molecular flexibility index (Phi) is 5.21. The molecule has 4 heteroatoms. The lowest BCUT2D eigenvalue weighted by atomic mass is 10.2. The third-order valence-electron chi connectivity index (χ3n) is 3.22. The third kappa shape index (κ3) is 3.99. The second kappa shape index (κ2) is 7.33. The van der Waals surface area contributed by atoms with Crippen molar-refractivity contribution < 1.29 is 9.53 Å². The molecule has 0 bridgehead atoms. The van der Waals surface area contributed by atoms with Gasteiger partial charge < -0.3 is 15.0 Å². The van der Waals surface area contributed by atoms with E-state index in [1.807, 2.05) is 66.4 Å². The van der Waals surface area contributed by atoms with Crippen LogP contribution in [0.3, 0.4) is 0 Å². The van der Waals surface area contributed by atoms with Crippen LogP contribution in [0, 0.1) is 0 Å². The second-order valence-corrected chi connectivity index (χ2v) is 4.60. The number of nitrogens with zero attached hydrogens (tertiary/aromatic N) is 1. The highest BCUT2D eigenvalue weighted by atomic mass is 16.5. The normalized spacial score (nSPS) is 10.0. The number of hydrogen-bond donors (Lipinski definition) is 1. The SMILES string of the molecule is CCN(CC(=O)Nc1ccccc1OC)c1ccccc1. The van der Waals surface area contributed by atoms with E-state index < -0.39 is 0 Å². The van der Waals surface area contributed by atoms with E-state index in [9.17, 15) is 4.79 Å². The van der Waals surface area contributed by atoms with Gasteiger partial charge in [-0.25, -0.2) is 0 Å². The molecule has 0 aliphatic rings. The quantitative estimate of drug-likeness (QED) is 0.886. The van der Waals surface area contributed by atoms with Crippen molar-refractivity contribution in [1.82, 2.24) is 0 Å². The molecule has 2 aromatic carbocycles. The van der Waals surface area contributed by atoms with Gasteiger partial charge in [0.25, 0.3) is 0 Å². The van der Waals surface area contributed by atoms with Crippen LogP contribution in [0.5, 0.6) is 5.75 Å². The summed E-state index contributed by atoms with van der Waals surface area (Å²) >= 11 is 0. The van der Waals surface area contributed by atoms with E-state index in [1.54, 1.807) is 7.11 Å². The zero-order valence-electron chi connectivity index (χ0n) is 12.4. The van der Waals surface area contributed by atoms with Gasteiger partial charge in [-0.3, -0.25) is 4.79 Å². The van der Waals surface area contributed by atoms with E-state index in [4.69, 9.17) is 4.74 Å². The van der Waals surface area contributed by atoms with Crippen molar-refractivity contribution in [3.63, 3.8) is 0 Å². The number of ether oxygens (including phenoxy) is 1. The lowest BCUT2D eigenvalue weighted by Crippen LogP contribution is -2.33. The number of carbonyl (C=O) groups excluding carboxylic acids is 1.